The van der Waals surface area contributed by atoms with Crippen molar-refractivity contribution in [3.63, 3.8) is 0 Å². The van der Waals surface area contributed by atoms with Crippen LogP contribution in [-0.2, 0) is 16.1 Å². The molecule has 1 aliphatic rings. The van der Waals surface area contributed by atoms with Gasteiger partial charge in [0.1, 0.15) is 0 Å². The second-order valence-electron chi connectivity index (χ2n) is 4.36. The number of hydrogen-bond donors (Lipinski definition) is 3. The Morgan fingerprint density at radius 1 is 1.40 bits per heavy atom. The molecule has 2 N–H and O–H groups in total. The average Bonchev–Trinajstić information content (AvgIpc) is 2.71. The largest absolute Gasteiger partial charge is 0.329 e. The minimum atomic E-state index is -0.389. The van der Waals surface area contributed by atoms with Crippen LogP contribution in [0.3, 0.4) is 0 Å². The molecule has 106 valence electrons. The quantitative estimate of drug-likeness (QED) is 0.560. The first kappa shape index (κ1) is 14.4. The summed E-state index contributed by atoms with van der Waals surface area (Å²) < 4.78 is 0. The molecule has 0 spiro atoms. The molecule has 4 amide bonds. The number of rotatable bonds is 5. The van der Waals surface area contributed by atoms with E-state index >= 15 is 0 Å². The summed E-state index contributed by atoms with van der Waals surface area (Å²) in [6.07, 6.45) is 0.334. The Morgan fingerprint density at radius 3 is 2.85 bits per heavy atom. The van der Waals surface area contributed by atoms with Crippen LogP contribution in [-0.4, -0.2) is 35.0 Å². The highest BCUT2D eigenvalue weighted by Crippen LogP contribution is 2.14. The van der Waals surface area contributed by atoms with Gasteiger partial charge in [0.25, 0.3) is 0 Å². The summed E-state index contributed by atoms with van der Waals surface area (Å²) in [6.45, 7) is 0.234. The average molecular weight is 293 g/mol. The highest BCUT2D eigenvalue weighted by Gasteiger charge is 2.28. The molecular weight excluding hydrogens is 278 g/mol. The molecule has 0 aromatic heterocycles. The number of nitrogens with one attached hydrogen (secondary N) is 2. The van der Waals surface area contributed by atoms with E-state index in [1.807, 2.05) is 0 Å². The SMILES string of the molecule is O=C(CCS)Nc1cccc(CN2C(=O)CNC2=O)c1. The molecule has 0 saturated carbocycles. The van der Waals surface area contributed by atoms with Crippen LogP contribution in [0.5, 0.6) is 0 Å². The lowest BCUT2D eigenvalue weighted by molar-refractivity contribution is -0.125. The van der Waals surface area contributed by atoms with E-state index in [1.54, 1.807) is 24.3 Å². The van der Waals surface area contributed by atoms with Crippen LogP contribution in [0.25, 0.3) is 0 Å². The number of anilines is 1. The molecule has 1 aromatic carbocycles. The topological polar surface area (TPSA) is 78.5 Å². The normalized spacial score (nSPS) is 14.3. The Balaban J connectivity index is 2.04. The Morgan fingerprint density at radius 2 is 2.20 bits per heavy atom. The number of carbonyl (C=O) groups excluding carboxylic acids is 3. The van der Waals surface area contributed by atoms with Crippen molar-refractivity contribution in [2.45, 2.75) is 13.0 Å². The smallest absolute Gasteiger partial charge is 0.324 e. The molecule has 2 rings (SSSR count). The molecule has 0 radical (unpaired) electrons. The van der Waals surface area contributed by atoms with Gasteiger partial charge in [-0.25, -0.2) is 4.79 Å². The maximum atomic E-state index is 11.5. The summed E-state index contributed by atoms with van der Waals surface area (Å²) in [7, 11) is 0. The van der Waals surface area contributed by atoms with E-state index < -0.39 is 0 Å². The van der Waals surface area contributed by atoms with Crippen LogP contribution < -0.4 is 10.6 Å². The van der Waals surface area contributed by atoms with Crippen LogP contribution >= 0.6 is 12.6 Å². The van der Waals surface area contributed by atoms with Crippen LogP contribution in [0.1, 0.15) is 12.0 Å². The summed E-state index contributed by atoms with van der Waals surface area (Å²) in [6, 6.07) is 6.68. The molecule has 20 heavy (non-hydrogen) atoms. The third-order valence-corrected chi connectivity index (χ3v) is 3.05. The predicted molar refractivity (Wildman–Crippen MR) is 77.5 cm³/mol. The lowest BCUT2D eigenvalue weighted by Crippen LogP contribution is -2.30. The van der Waals surface area contributed by atoms with Crippen molar-refractivity contribution in [1.29, 1.82) is 0 Å². The van der Waals surface area contributed by atoms with Gasteiger partial charge in [-0.15, -0.1) is 0 Å². The van der Waals surface area contributed by atoms with Gasteiger partial charge in [0.15, 0.2) is 0 Å². The first-order chi connectivity index (χ1) is 9.60. The predicted octanol–water partition coefficient (Wildman–Crippen LogP) is 0.997. The van der Waals surface area contributed by atoms with Crippen LogP contribution in [0, 0.1) is 0 Å². The fourth-order valence-corrected chi connectivity index (χ4v) is 2.07. The molecule has 1 saturated heterocycles. The van der Waals surface area contributed by atoms with Gasteiger partial charge < -0.3 is 10.6 Å². The molecule has 0 atom stereocenters. The maximum Gasteiger partial charge on any atom is 0.324 e. The van der Waals surface area contributed by atoms with Gasteiger partial charge in [0.2, 0.25) is 11.8 Å². The zero-order valence-corrected chi connectivity index (χ0v) is 11.7. The van der Waals surface area contributed by atoms with Gasteiger partial charge in [-0.1, -0.05) is 12.1 Å². The third kappa shape index (κ3) is 3.51. The van der Waals surface area contributed by atoms with Crippen molar-refractivity contribution < 1.29 is 14.4 Å². The minimum absolute atomic E-state index is 0.0389. The van der Waals surface area contributed by atoms with Gasteiger partial charge in [-0.05, 0) is 23.4 Å². The number of urea groups is 1. The van der Waals surface area contributed by atoms with E-state index in [0.29, 0.717) is 17.9 Å². The van der Waals surface area contributed by atoms with Crippen molar-refractivity contribution in [2.75, 3.05) is 17.6 Å². The lowest BCUT2D eigenvalue weighted by atomic mass is 10.2. The summed E-state index contributed by atoms with van der Waals surface area (Å²) in [5.74, 6) is 0.111. The minimum Gasteiger partial charge on any atom is -0.329 e. The second-order valence-corrected chi connectivity index (χ2v) is 4.81. The molecule has 7 heteroatoms. The van der Waals surface area contributed by atoms with Crippen molar-refractivity contribution in [3.05, 3.63) is 29.8 Å². The van der Waals surface area contributed by atoms with Crippen molar-refractivity contribution in [1.82, 2.24) is 10.2 Å². The number of nitrogens with zero attached hydrogens (tertiary/aromatic N) is 1. The van der Waals surface area contributed by atoms with E-state index in [4.69, 9.17) is 0 Å². The highest BCUT2D eigenvalue weighted by atomic mass is 32.1. The summed E-state index contributed by atoms with van der Waals surface area (Å²) >= 11 is 3.99. The Hall–Kier alpha value is -2.02. The van der Waals surface area contributed by atoms with Crippen molar-refractivity contribution >= 4 is 36.2 Å². The molecule has 1 aliphatic heterocycles. The van der Waals surface area contributed by atoms with Crippen LogP contribution in [0.4, 0.5) is 10.5 Å². The summed E-state index contributed by atoms with van der Waals surface area (Å²) in [4.78, 5) is 35.6. The monoisotopic (exact) mass is 293 g/mol. The Labute approximate surface area is 121 Å². The molecule has 1 heterocycles. The Kier molecular flexibility index (Phi) is 4.62. The lowest BCUT2D eigenvalue weighted by Gasteiger charge is -2.13. The highest BCUT2D eigenvalue weighted by molar-refractivity contribution is 7.80. The summed E-state index contributed by atoms with van der Waals surface area (Å²) in [5, 5.41) is 5.20. The molecule has 0 unspecified atom stereocenters. The van der Waals surface area contributed by atoms with Crippen molar-refractivity contribution in [2.24, 2.45) is 0 Å². The van der Waals surface area contributed by atoms with Crippen molar-refractivity contribution in [3.8, 4) is 0 Å². The molecule has 0 aliphatic carbocycles. The number of imide groups is 1. The second kappa shape index (κ2) is 6.42. The number of thiol groups is 1. The first-order valence-electron chi connectivity index (χ1n) is 6.18. The van der Waals surface area contributed by atoms with E-state index in [-0.39, 0.29) is 30.9 Å². The number of amides is 4. The fraction of sp³-hybridized carbons (Fsp3) is 0.308. The van der Waals surface area contributed by atoms with Gasteiger partial charge in [-0.2, -0.15) is 12.6 Å². The van der Waals surface area contributed by atoms with Crippen LogP contribution in [0.2, 0.25) is 0 Å². The summed E-state index contributed by atoms with van der Waals surface area (Å²) in [5.41, 5.74) is 1.42. The molecule has 1 aromatic rings. The number of benzene rings is 1. The molecule has 1 fully saturated rings. The molecule has 0 bridgehead atoms. The maximum absolute atomic E-state index is 11.5. The standard InChI is InChI=1S/C13H15N3O3S/c17-11(4-5-20)15-10-3-1-2-9(6-10)8-16-12(18)7-14-13(16)19/h1-3,6,20H,4-5,7-8H2,(H,14,19)(H,15,17). The van der Waals surface area contributed by atoms with Gasteiger partial charge in [0, 0.05) is 12.1 Å². The first-order valence-corrected chi connectivity index (χ1v) is 6.81. The van der Waals surface area contributed by atoms with Crippen LogP contribution in [0.15, 0.2) is 24.3 Å². The van der Waals surface area contributed by atoms with E-state index in [2.05, 4.69) is 23.3 Å². The van der Waals surface area contributed by atoms with E-state index in [9.17, 15) is 14.4 Å². The number of hydrogen-bond acceptors (Lipinski definition) is 4. The zero-order chi connectivity index (χ0) is 14.5. The fourth-order valence-electron chi connectivity index (χ4n) is 1.87. The molecular formula is C13H15N3O3S. The third-order valence-electron chi connectivity index (χ3n) is 2.83. The van der Waals surface area contributed by atoms with Gasteiger partial charge >= 0.3 is 6.03 Å². The van der Waals surface area contributed by atoms with E-state index in [0.717, 1.165) is 10.5 Å². The molecule has 6 nitrogen and oxygen atoms in total. The van der Waals surface area contributed by atoms with Gasteiger partial charge in [0.05, 0.1) is 13.1 Å². The Bertz CT molecular complexity index is 531. The van der Waals surface area contributed by atoms with E-state index in [1.165, 1.54) is 0 Å². The van der Waals surface area contributed by atoms with Gasteiger partial charge in [-0.3, -0.25) is 14.5 Å². The zero-order valence-electron chi connectivity index (χ0n) is 10.8. The number of carbonyl (C=O) groups is 3.